The largest absolute Gasteiger partial charge is 0.384 e. The summed E-state index contributed by atoms with van der Waals surface area (Å²) in [6.07, 6.45) is 2.77. The highest BCUT2D eigenvalue weighted by Crippen LogP contribution is 2.15. The number of hydrogen-bond donors (Lipinski definition) is 1. The van der Waals surface area contributed by atoms with Gasteiger partial charge in [0.1, 0.15) is 0 Å². The van der Waals surface area contributed by atoms with Crippen molar-refractivity contribution in [1.29, 1.82) is 0 Å². The molecule has 2 aromatic rings. The number of rotatable bonds is 3. The Morgan fingerprint density at radius 2 is 2.38 bits per heavy atom. The molecule has 1 aromatic carbocycles. The number of nitrogens with zero attached hydrogens (tertiary/aromatic N) is 1. The van der Waals surface area contributed by atoms with Gasteiger partial charge in [0.05, 0.1) is 18.3 Å². The Kier molecular flexibility index (Phi) is 2.27. The van der Waals surface area contributed by atoms with Crippen LogP contribution in [0.1, 0.15) is 5.56 Å². The maximum Gasteiger partial charge on any atom is 0.0683 e. The zero-order chi connectivity index (χ0) is 9.10. The Morgan fingerprint density at radius 3 is 3.23 bits per heavy atom. The number of aromatic nitrogens is 2. The van der Waals surface area contributed by atoms with Gasteiger partial charge in [0.25, 0.3) is 0 Å². The van der Waals surface area contributed by atoms with Crippen LogP contribution in [0.4, 0.5) is 0 Å². The summed E-state index contributed by atoms with van der Waals surface area (Å²) in [5, 5.41) is 8.16. The Hall–Kier alpha value is -1.35. The fraction of sp³-hybridized carbons (Fsp3) is 0.300. The normalized spacial score (nSPS) is 10.8. The van der Waals surface area contributed by atoms with Gasteiger partial charge in [-0.1, -0.05) is 18.2 Å². The van der Waals surface area contributed by atoms with Gasteiger partial charge in [-0.2, -0.15) is 5.10 Å². The average molecular weight is 176 g/mol. The molecule has 0 spiro atoms. The number of benzene rings is 1. The summed E-state index contributed by atoms with van der Waals surface area (Å²) in [6, 6.07) is 6.19. The minimum Gasteiger partial charge on any atom is -0.384 e. The SMILES string of the molecule is COCCc1cccc2cn[nH]c12. The van der Waals surface area contributed by atoms with E-state index < -0.39 is 0 Å². The van der Waals surface area contributed by atoms with E-state index in [1.54, 1.807) is 7.11 Å². The third kappa shape index (κ3) is 1.55. The van der Waals surface area contributed by atoms with E-state index in [9.17, 15) is 0 Å². The van der Waals surface area contributed by atoms with Crippen molar-refractivity contribution in [1.82, 2.24) is 10.2 Å². The molecule has 13 heavy (non-hydrogen) atoms. The van der Waals surface area contributed by atoms with Crippen LogP contribution in [0.3, 0.4) is 0 Å². The minimum absolute atomic E-state index is 0.748. The van der Waals surface area contributed by atoms with E-state index >= 15 is 0 Å². The van der Waals surface area contributed by atoms with Crippen LogP contribution in [0.15, 0.2) is 24.4 Å². The van der Waals surface area contributed by atoms with Crippen molar-refractivity contribution in [2.45, 2.75) is 6.42 Å². The number of methoxy groups -OCH3 is 1. The molecule has 1 N–H and O–H groups in total. The summed E-state index contributed by atoms with van der Waals surface area (Å²) < 4.78 is 5.04. The molecule has 0 amide bonds. The molecule has 1 aromatic heterocycles. The van der Waals surface area contributed by atoms with Crippen LogP contribution in [0, 0.1) is 0 Å². The first-order chi connectivity index (χ1) is 6.42. The molecule has 0 aliphatic carbocycles. The van der Waals surface area contributed by atoms with Crippen molar-refractivity contribution in [2.75, 3.05) is 13.7 Å². The lowest BCUT2D eigenvalue weighted by molar-refractivity contribution is 0.202. The van der Waals surface area contributed by atoms with Gasteiger partial charge in [-0.05, 0) is 12.0 Å². The van der Waals surface area contributed by atoms with Crippen molar-refractivity contribution >= 4 is 10.9 Å². The Morgan fingerprint density at radius 1 is 1.46 bits per heavy atom. The van der Waals surface area contributed by atoms with Gasteiger partial charge in [0.2, 0.25) is 0 Å². The lowest BCUT2D eigenvalue weighted by Crippen LogP contribution is -1.94. The van der Waals surface area contributed by atoms with Crippen LogP contribution in [0.2, 0.25) is 0 Å². The quantitative estimate of drug-likeness (QED) is 0.773. The predicted molar refractivity (Wildman–Crippen MR) is 51.7 cm³/mol. The number of H-pyrrole nitrogens is 1. The third-order valence-electron chi connectivity index (χ3n) is 2.14. The number of hydrogen-bond acceptors (Lipinski definition) is 2. The van der Waals surface area contributed by atoms with E-state index in [0.717, 1.165) is 23.9 Å². The van der Waals surface area contributed by atoms with Gasteiger partial charge in [-0.25, -0.2) is 0 Å². The first kappa shape index (κ1) is 8.26. The lowest BCUT2D eigenvalue weighted by Gasteiger charge is -2.00. The number of nitrogens with one attached hydrogen (secondary N) is 1. The van der Waals surface area contributed by atoms with Gasteiger partial charge in [-0.3, -0.25) is 5.10 Å². The van der Waals surface area contributed by atoms with Crippen LogP contribution < -0.4 is 0 Å². The Labute approximate surface area is 76.7 Å². The van der Waals surface area contributed by atoms with Crippen molar-refractivity contribution in [2.24, 2.45) is 0 Å². The summed E-state index contributed by atoms with van der Waals surface area (Å²) in [5.41, 5.74) is 2.39. The lowest BCUT2D eigenvalue weighted by atomic mass is 10.1. The van der Waals surface area contributed by atoms with E-state index in [2.05, 4.69) is 22.3 Å². The van der Waals surface area contributed by atoms with Crippen molar-refractivity contribution in [3.63, 3.8) is 0 Å². The highest BCUT2D eigenvalue weighted by atomic mass is 16.5. The predicted octanol–water partition coefficient (Wildman–Crippen LogP) is 1.75. The molecule has 0 unspecified atom stereocenters. The molecule has 0 radical (unpaired) electrons. The molecule has 3 heteroatoms. The van der Waals surface area contributed by atoms with E-state index in [4.69, 9.17) is 4.74 Å². The Balaban J connectivity index is 2.37. The smallest absolute Gasteiger partial charge is 0.0683 e. The summed E-state index contributed by atoms with van der Waals surface area (Å²) in [4.78, 5) is 0. The molecule has 0 saturated heterocycles. The molecule has 0 fully saturated rings. The molecule has 0 aliphatic heterocycles. The fourth-order valence-electron chi connectivity index (χ4n) is 1.45. The molecule has 0 saturated carbocycles. The van der Waals surface area contributed by atoms with E-state index in [-0.39, 0.29) is 0 Å². The summed E-state index contributed by atoms with van der Waals surface area (Å²) >= 11 is 0. The molecule has 3 nitrogen and oxygen atoms in total. The average Bonchev–Trinajstić information content (AvgIpc) is 2.62. The van der Waals surface area contributed by atoms with Gasteiger partial charge < -0.3 is 4.74 Å². The second kappa shape index (κ2) is 3.58. The molecular formula is C10H12N2O. The van der Waals surface area contributed by atoms with Crippen LogP contribution in [-0.2, 0) is 11.2 Å². The van der Waals surface area contributed by atoms with Crippen molar-refractivity contribution in [3.05, 3.63) is 30.0 Å². The van der Waals surface area contributed by atoms with Crippen LogP contribution >= 0.6 is 0 Å². The number of aromatic amines is 1. The molecule has 0 atom stereocenters. The maximum atomic E-state index is 5.04. The molecule has 1 heterocycles. The second-order valence-corrected chi connectivity index (χ2v) is 2.99. The van der Waals surface area contributed by atoms with E-state index in [1.165, 1.54) is 5.56 Å². The number of fused-ring (bicyclic) bond motifs is 1. The Bertz CT molecular complexity index is 394. The highest BCUT2D eigenvalue weighted by Gasteiger charge is 2.01. The van der Waals surface area contributed by atoms with Gasteiger partial charge in [0.15, 0.2) is 0 Å². The molecule has 2 rings (SSSR count). The number of ether oxygens (including phenoxy) is 1. The zero-order valence-corrected chi connectivity index (χ0v) is 7.58. The highest BCUT2D eigenvalue weighted by molar-refractivity contribution is 5.81. The van der Waals surface area contributed by atoms with Crippen molar-refractivity contribution < 1.29 is 4.74 Å². The summed E-state index contributed by atoms with van der Waals surface area (Å²) in [6.45, 7) is 0.748. The molecule has 68 valence electrons. The summed E-state index contributed by atoms with van der Waals surface area (Å²) in [7, 11) is 1.72. The van der Waals surface area contributed by atoms with Gasteiger partial charge >= 0.3 is 0 Å². The first-order valence-corrected chi connectivity index (χ1v) is 4.31. The molecule has 0 bridgehead atoms. The van der Waals surface area contributed by atoms with Crippen LogP contribution in [0.25, 0.3) is 10.9 Å². The fourth-order valence-corrected chi connectivity index (χ4v) is 1.45. The topological polar surface area (TPSA) is 37.9 Å². The maximum absolute atomic E-state index is 5.04. The van der Waals surface area contributed by atoms with E-state index in [1.807, 2.05) is 12.3 Å². The van der Waals surface area contributed by atoms with Crippen LogP contribution in [-0.4, -0.2) is 23.9 Å². The standard InChI is InChI=1S/C10H12N2O/c1-13-6-5-8-3-2-4-9-7-11-12-10(8)9/h2-4,7H,5-6H2,1H3,(H,11,12). The monoisotopic (exact) mass is 176 g/mol. The van der Waals surface area contributed by atoms with Crippen molar-refractivity contribution in [3.8, 4) is 0 Å². The number of para-hydroxylation sites is 1. The second-order valence-electron chi connectivity index (χ2n) is 2.99. The third-order valence-corrected chi connectivity index (χ3v) is 2.14. The minimum atomic E-state index is 0.748. The molecule has 0 aliphatic rings. The first-order valence-electron chi connectivity index (χ1n) is 4.31. The van der Waals surface area contributed by atoms with E-state index in [0.29, 0.717) is 0 Å². The van der Waals surface area contributed by atoms with Gasteiger partial charge in [0, 0.05) is 12.5 Å². The summed E-state index contributed by atoms with van der Waals surface area (Å²) in [5.74, 6) is 0. The molecular weight excluding hydrogens is 164 g/mol. The van der Waals surface area contributed by atoms with Crippen LogP contribution in [0.5, 0.6) is 0 Å². The van der Waals surface area contributed by atoms with Gasteiger partial charge in [-0.15, -0.1) is 0 Å². The zero-order valence-electron chi connectivity index (χ0n) is 7.58.